The van der Waals surface area contributed by atoms with Gasteiger partial charge in [-0.3, -0.25) is 14.5 Å². The van der Waals surface area contributed by atoms with Gasteiger partial charge in [0, 0.05) is 5.69 Å². The zero-order chi connectivity index (χ0) is 20.5. The number of nitrogens with zero attached hydrogens (tertiary/aromatic N) is 1. The van der Waals surface area contributed by atoms with E-state index in [4.69, 9.17) is 0 Å². The van der Waals surface area contributed by atoms with Crippen molar-refractivity contribution in [1.29, 1.82) is 0 Å². The fourth-order valence-corrected chi connectivity index (χ4v) is 3.88. The Bertz CT molecular complexity index is 799. The maximum atomic E-state index is 12.2. The van der Waals surface area contributed by atoms with Crippen molar-refractivity contribution in [2.45, 2.75) is 32.6 Å². The van der Waals surface area contributed by atoms with Crippen LogP contribution in [0.5, 0.6) is 0 Å². The molecular formula is C24H31N3O2. The Kier molecular flexibility index (Phi) is 7.82. The molecule has 2 N–H and O–H groups in total. The van der Waals surface area contributed by atoms with Crippen molar-refractivity contribution in [3.63, 3.8) is 0 Å². The van der Waals surface area contributed by atoms with E-state index in [0.717, 1.165) is 50.0 Å². The molecule has 1 heterocycles. The lowest BCUT2D eigenvalue weighted by molar-refractivity contribution is -0.125. The Labute approximate surface area is 173 Å². The summed E-state index contributed by atoms with van der Waals surface area (Å²) >= 11 is 0. The Morgan fingerprint density at radius 1 is 0.966 bits per heavy atom. The summed E-state index contributed by atoms with van der Waals surface area (Å²) in [6, 6.07) is 18.3. The average molecular weight is 394 g/mol. The van der Waals surface area contributed by atoms with E-state index in [9.17, 15) is 9.59 Å². The molecule has 1 saturated heterocycles. The van der Waals surface area contributed by atoms with E-state index in [2.05, 4.69) is 46.7 Å². The van der Waals surface area contributed by atoms with Gasteiger partial charge < -0.3 is 10.6 Å². The molecule has 0 radical (unpaired) electrons. The lowest BCUT2D eigenvalue weighted by Crippen LogP contribution is -2.43. The number of hydrogen-bond donors (Lipinski definition) is 2. The van der Waals surface area contributed by atoms with Gasteiger partial charge in [-0.1, -0.05) is 55.5 Å². The van der Waals surface area contributed by atoms with Gasteiger partial charge in [-0.25, -0.2) is 0 Å². The molecule has 0 aromatic heterocycles. The summed E-state index contributed by atoms with van der Waals surface area (Å²) in [6.45, 7) is 4.27. The smallest absolute Gasteiger partial charge is 0.243 e. The van der Waals surface area contributed by atoms with Gasteiger partial charge >= 0.3 is 0 Å². The van der Waals surface area contributed by atoms with E-state index >= 15 is 0 Å². The molecule has 0 bridgehead atoms. The molecule has 0 atom stereocenters. The van der Waals surface area contributed by atoms with E-state index in [1.807, 2.05) is 30.3 Å². The predicted molar refractivity (Wildman–Crippen MR) is 117 cm³/mol. The molecule has 5 nitrogen and oxygen atoms in total. The molecule has 1 aliphatic heterocycles. The second-order valence-corrected chi connectivity index (χ2v) is 7.74. The van der Waals surface area contributed by atoms with Gasteiger partial charge in [-0.05, 0) is 61.9 Å². The van der Waals surface area contributed by atoms with Gasteiger partial charge in [0.2, 0.25) is 11.8 Å². The molecule has 5 heteroatoms. The van der Waals surface area contributed by atoms with Crippen LogP contribution in [0.3, 0.4) is 0 Å². The Morgan fingerprint density at radius 2 is 1.66 bits per heavy atom. The number of para-hydroxylation sites is 1. The average Bonchev–Trinajstić information content (AvgIpc) is 2.75. The summed E-state index contributed by atoms with van der Waals surface area (Å²) in [6.07, 6.45) is 4.18. The molecule has 0 unspecified atom stereocenters. The SMILES string of the molecule is CCc1ccccc1NC(=O)CNC(=O)CN1CCC(Cc2ccccc2)CC1. The van der Waals surface area contributed by atoms with Crippen LogP contribution in [0.15, 0.2) is 54.6 Å². The summed E-state index contributed by atoms with van der Waals surface area (Å²) in [7, 11) is 0. The molecule has 2 aromatic rings. The molecule has 154 valence electrons. The number of hydrogen-bond acceptors (Lipinski definition) is 3. The topological polar surface area (TPSA) is 61.4 Å². The van der Waals surface area contributed by atoms with Crippen LogP contribution in [-0.4, -0.2) is 42.9 Å². The monoisotopic (exact) mass is 393 g/mol. The van der Waals surface area contributed by atoms with Crippen molar-refractivity contribution >= 4 is 17.5 Å². The molecule has 1 fully saturated rings. The van der Waals surface area contributed by atoms with Gasteiger partial charge in [0.15, 0.2) is 0 Å². The molecule has 2 amide bonds. The van der Waals surface area contributed by atoms with Gasteiger partial charge in [0.1, 0.15) is 0 Å². The summed E-state index contributed by atoms with van der Waals surface area (Å²) < 4.78 is 0. The molecule has 0 aliphatic carbocycles. The van der Waals surface area contributed by atoms with Crippen LogP contribution in [0.4, 0.5) is 5.69 Å². The van der Waals surface area contributed by atoms with Crippen LogP contribution < -0.4 is 10.6 Å². The Hall–Kier alpha value is -2.66. The number of aryl methyl sites for hydroxylation is 1. The molecular weight excluding hydrogens is 362 g/mol. The highest BCUT2D eigenvalue weighted by atomic mass is 16.2. The van der Waals surface area contributed by atoms with E-state index in [1.54, 1.807) is 0 Å². The summed E-state index contributed by atoms with van der Waals surface area (Å²) in [5.41, 5.74) is 3.29. The number of amides is 2. The molecule has 0 spiro atoms. The predicted octanol–water partition coefficient (Wildman–Crippen LogP) is 3.26. The molecule has 3 rings (SSSR count). The van der Waals surface area contributed by atoms with Gasteiger partial charge in [0.05, 0.1) is 13.1 Å². The summed E-state index contributed by atoms with van der Waals surface area (Å²) in [4.78, 5) is 26.6. The zero-order valence-corrected chi connectivity index (χ0v) is 17.2. The Morgan fingerprint density at radius 3 is 2.38 bits per heavy atom. The first kappa shape index (κ1) is 21.1. The first-order valence-electron chi connectivity index (χ1n) is 10.5. The highest BCUT2D eigenvalue weighted by molar-refractivity contribution is 5.95. The van der Waals surface area contributed by atoms with Crippen molar-refractivity contribution in [3.8, 4) is 0 Å². The number of benzene rings is 2. The minimum absolute atomic E-state index is 0.00134. The number of piperidine rings is 1. The first-order chi connectivity index (χ1) is 14.1. The highest BCUT2D eigenvalue weighted by Gasteiger charge is 2.21. The second-order valence-electron chi connectivity index (χ2n) is 7.74. The fraction of sp³-hybridized carbons (Fsp3) is 0.417. The number of carbonyl (C=O) groups is 2. The number of rotatable bonds is 8. The zero-order valence-electron chi connectivity index (χ0n) is 17.2. The van der Waals surface area contributed by atoms with Crippen LogP contribution in [0, 0.1) is 5.92 Å². The van der Waals surface area contributed by atoms with Crippen LogP contribution in [0.2, 0.25) is 0 Å². The third kappa shape index (κ3) is 6.71. The van der Waals surface area contributed by atoms with Crippen LogP contribution in [-0.2, 0) is 22.4 Å². The summed E-state index contributed by atoms with van der Waals surface area (Å²) in [5.74, 6) is 0.396. The largest absolute Gasteiger partial charge is 0.346 e. The van der Waals surface area contributed by atoms with Crippen molar-refractivity contribution in [3.05, 3.63) is 65.7 Å². The second kappa shape index (κ2) is 10.8. The van der Waals surface area contributed by atoms with Gasteiger partial charge in [0.25, 0.3) is 0 Å². The molecule has 0 saturated carbocycles. The number of anilines is 1. The Balaban J connectivity index is 1.35. The minimum atomic E-state index is -0.194. The highest BCUT2D eigenvalue weighted by Crippen LogP contribution is 2.21. The van der Waals surface area contributed by atoms with Crippen LogP contribution in [0.25, 0.3) is 0 Å². The van der Waals surface area contributed by atoms with E-state index in [0.29, 0.717) is 12.5 Å². The number of carbonyl (C=O) groups excluding carboxylic acids is 2. The summed E-state index contributed by atoms with van der Waals surface area (Å²) in [5, 5.41) is 5.63. The third-order valence-electron chi connectivity index (χ3n) is 5.56. The normalized spacial score (nSPS) is 15.1. The quantitative estimate of drug-likeness (QED) is 0.724. The van der Waals surface area contributed by atoms with Gasteiger partial charge in [-0.15, -0.1) is 0 Å². The van der Waals surface area contributed by atoms with E-state index < -0.39 is 0 Å². The van der Waals surface area contributed by atoms with Crippen molar-refractivity contribution in [1.82, 2.24) is 10.2 Å². The van der Waals surface area contributed by atoms with E-state index in [-0.39, 0.29) is 18.4 Å². The fourth-order valence-electron chi connectivity index (χ4n) is 3.88. The molecule has 1 aliphatic rings. The van der Waals surface area contributed by atoms with Crippen molar-refractivity contribution in [2.75, 3.05) is 31.5 Å². The van der Waals surface area contributed by atoms with Gasteiger partial charge in [-0.2, -0.15) is 0 Å². The third-order valence-corrected chi connectivity index (χ3v) is 5.56. The number of nitrogens with one attached hydrogen (secondary N) is 2. The van der Waals surface area contributed by atoms with Crippen molar-refractivity contribution in [2.24, 2.45) is 5.92 Å². The molecule has 29 heavy (non-hydrogen) atoms. The first-order valence-corrected chi connectivity index (χ1v) is 10.5. The standard InChI is InChI=1S/C24H31N3O2/c1-2-21-10-6-7-11-22(21)26-23(28)17-25-24(29)18-27-14-12-20(13-15-27)16-19-8-4-3-5-9-19/h3-11,20H,2,12-18H2,1H3,(H,25,29)(H,26,28). The van der Waals surface area contributed by atoms with Crippen LogP contribution >= 0.6 is 0 Å². The lowest BCUT2D eigenvalue weighted by atomic mass is 9.90. The van der Waals surface area contributed by atoms with E-state index in [1.165, 1.54) is 5.56 Å². The van der Waals surface area contributed by atoms with Crippen LogP contribution in [0.1, 0.15) is 30.9 Å². The lowest BCUT2D eigenvalue weighted by Gasteiger charge is -2.31. The molecule has 2 aromatic carbocycles. The maximum Gasteiger partial charge on any atom is 0.243 e. The maximum absolute atomic E-state index is 12.2. The number of likely N-dealkylation sites (tertiary alicyclic amines) is 1. The van der Waals surface area contributed by atoms with Crippen molar-refractivity contribution < 1.29 is 9.59 Å². The minimum Gasteiger partial charge on any atom is -0.346 e.